The Balaban J connectivity index is 1.50. The van der Waals surface area contributed by atoms with Crippen LogP contribution in [0.15, 0.2) is 79.1 Å². The van der Waals surface area contributed by atoms with E-state index in [1.54, 1.807) is 36.4 Å². The molecule has 0 aliphatic carbocycles. The second-order valence-electron chi connectivity index (χ2n) is 6.49. The van der Waals surface area contributed by atoms with Gasteiger partial charge in [0.2, 0.25) is 5.82 Å². The summed E-state index contributed by atoms with van der Waals surface area (Å²) in [4.78, 5) is 30.9. The third-order valence-electron chi connectivity index (χ3n) is 4.36. The van der Waals surface area contributed by atoms with Crippen LogP contribution in [0.2, 0.25) is 0 Å². The van der Waals surface area contributed by atoms with Gasteiger partial charge in [0.1, 0.15) is 17.8 Å². The molecule has 0 saturated heterocycles. The number of para-hydroxylation sites is 1. The minimum absolute atomic E-state index is 0.228. The molecule has 1 amide bonds. The summed E-state index contributed by atoms with van der Waals surface area (Å²) in [6.45, 7) is -0.296. The number of hydrogen-bond acceptors (Lipinski definition) is 8. The van der Waals surface area contributed by atoms with Gasteiger partial charge in [-0.05, 0) is 23.6 Å². The number of benzene rings is 3. The zero-order valence-electron chi connectivity index (χ0n) is 16.6. The molecule has 1 heterocycles. The van der Waals surface area contributed by atoms with E-state index in [9.17, 15) is 14.9 Å². The van der Waals surface area contributed by atoms with Gasteiger partial charge in [0.05, 0.1) is 4.92 Å². The number of anilines is 1. The Morgan fingerprint density at radius 3 is 2.53 bits per heavy atom. The SMILES string of the molecule is O=C(COc1ccccc1)NNc1ncnc(Oc2cccc3ccccc23)c1[N+](=O)[O-]. The van der Waals surface area contributed by atoms with Gasteiger partial charge in [0.25, 0.3) is 5.91 Å². The smallest absolute Gasteiger partial charge is 0.374 e. The van der Waals surface area contributed by atoms with Gasteiger partial charge in [-0.1, -0.05) is 54.6 Å². The zero-order chi connectivity index (χ0) is 22.3. The molecular weight excluding hydrogens is 414 g/mol. The fourth-order valence-corrected chi connectivity index (χ4v) is 2.91. The van der Waals surface area contributed by atoms with Gasteiger partial charge >= 0.3 is 11.6 Å². The molecule has 0 radical (unpaired) electrons. The van der Waals surface area contributed by atoms with Crippen molar-refractivity contribution in [3.05, 3.63) is 89.2 Å². The van der Waals surface area contributed by atoms with Crippen LogP contribution >= 0.6 is 0 Å². The average molecular weight is 431 g/mol. The lowest BCUT2D eigenvalue weighted by atomic mass is 10.1. The number of amides is 1. The lowest BCUT2D eigenvalue weighted by Gasteiger charge is -2.11. The maximum absolute atomic E-state index is 12.1. The van der Waals surface area contributed by atoms with Crippen molar-refractivity contribution >= 4 is 28.2 Å². The Morgan fingerprint density at radius 2 is 1.72 bits per heavy atom. The molecule has 0 aliphatic rings. The van der Waals surface area contributed by atoms with Crippen LogP contribution in [0.25, 0.3) is 10.8 Å². The number of ether oxygens (including phenoxy) is 2. The summed E-state index contributed by atoms with van der Waals surface area (Å²) < 4.78 is 11.1. The van der Waals surface area contributed by atoms with Crippen LogP contribution in [-0.4, -0.2) is 27.4 Å². The lowest BCUT2D eigenvalue weighted by molar-refractivity contribution is -0.385. The van der Waals surface area contributed by atoms with E-state index in [0.29, 0.717) is 11.5 Å². The van der Waals surface area contributed by atoms with Gasteiger partial charge < -0.3 is 9.47 Å². The van der Waals surface area contributed by atoms with E-state index in [-0.39, 0.29) is 18.3 Å². The van der Waals surface area contributed by atoms with Crippen LogP contribution in [-0.2, 0) is 4.79 Å². The van der Waals surface area contributed by atoms with Gasteiger partial charge in [0, 0.05) is 5.39 Å². The number of nitro groups is 1. The summed E-state index contributed by atoms with van der Waals surface area (Å²) in [5.41, 5.74) is 4.24. The van der Waals surface area contributed by atoms with E-state index >= 15 is 0 Å². The Morgan fingerprint density at radius 1 is 0.969 bits per heavy atom. The second kappa shape index (κ2) is 9.39. The molecular formula is C22H17N5O5. The fraction of sp³-hybridized carbons (Fsp3) is 0.0455. The molecule has 0 fully saturated rings. The van der Waals surface area contributed by atoms with Gasteiger partial charge in [-0.2, -0.15) is 4.98 Å². The quantitative estimate of drug-likeness (QED) is 0.318. The third-order valence-corrected chi connectivity index (χ3v) is 4.36. The molecule has 10 nitrogen and oxygen atoms in total. The highest BCUT2D eigenvalue weighted by molar-refractivity contribution is 5.88. The van der Waals surface area contributed by atoms with Crippen LogP contribution in [0.1, 0.15) is 0 Å². The van der Waals surface area contributed by atoms with E-state index in [0.717, 1.165) is 17.1 Å². The first-order valence-electron chi connectivity index (χ1n) is 9.49. The van der Waals surface area contributed by atoms with Crippen LogP contribution in [0.5, 0.6) is 17.4 Å². The standard InChI is InChI=1S/C22H17N5O5/c28-19(13-31-16-9-2-1-3-10-16)25-26-21-20(27(29)30)22(24-14-23-21)32-18-12-6-8-15-7-4-5-11-17(15)18/h1-12,14H,13H2,(H,25,28)(H,23,24,26). The maximum atomic E-state index is 12.1. The third kappa shape index (κ3) is 4.70. The molecule has 0 spiro atoms. The van der Waals surface area contributed by atoms with Crippen LogP contribution in [0, 0.1) is 10.1 Å². The number of aromatic nitrogens is 2. The molecule has 4 rings (SSSR count). The number of rotatable bonds is 8. The maximum Gasteiger partial charge on any atom is 0.374 e. The first-order chi connectivity index (χ1) is 15.6. The van der Waals surface area contributed by atoms with Crippen molar-refractivity contribution in [2.75, 3.05) is 12.0 Å². The molecule has 4 aromatic rings. The Kier molecular flexibility index (Phi) is 6.03. The van der Waals surface area contributed by atoms with Crippen LogP contribution in [0.4, 0.5) is 11.5 Å². The number of carbonyl (C=O) groups excluding carboxylic acids is 1. The summed E-state index contributed by atoms with van der Waals surface area (Å²) in [5, 5.41) is 13.4. The molecule has 160 valence electrons. The predicted octanol–water partition coefficient (Wildman–Crippen LogP) is 3.85. The van der Waals surface area contributed by atoms with Gasteiger partial charge in [-0.3, -0.25) is 25.8 Å². The van der Waals surface area contributed by atoms with Gasteiger partial charge in [-0.25, -0.2) is 4.98 Å². The number of hydrazine groups is 1. The summed E-state index contributed by atoms with van der Waals surface area (Å²) in [5.74, 6) is -0.136. The molecule has 2 N–H and O–H groups in total. The van der Waals surface area contributed by atoms with Crippen molar-refractivity contribution in [2.24, 2.45) is 0 Å². The molecule has 10 heteroatoms. The van der Waals surface area contributed by atoms with Crippen molar-refractivity contribution in [1.82, 2.24) is 15.4 Å². The number of hydrogen-bond donors (Lipinski definition) is 2. The van der Waals surface area contributed by atoms with E-state index in [1.165, 1.54) is 0 Å². The highest BCUT2D eigenvalue weighted by Crippen LogP contribution is 2.36. The van der Waals surface area contributed by atoms with Crippen molar-refractivity contribution in [1.29, 1.82) is 0 Å². The minimum atomic E-state index is -0.685. The average Bonchev–Trinajstić information content (AvgIpc) is 2.82. The van der Waals surface area contributed by atoms with Crippen molar-refractivity contribution in [3.63, 3.8) is 0 Å². The number of nitrogens with one attached hydrogen (secondary N) is 2. The highest BCUT2D eigenvalue weighted by atomic mass is 16.6. The second-order valence-corrected chi connectivity index (χ2v) is 6.49. The molecule has 1 aromatic heterocycles. The molecule has 32 heavy (non-hydrogen) atoms. The highest BCUT2D eigenvalue weighted by Gasteiger charge is 2.26. The van der Waals surface area contributed by atoms with E-state index in [1.807, 2.05) is 36.4 Å². The largest absolute Gasteiger partial charge is 0.484 e. The van der Waals surface area contributed by atoms with E-state index in [2.05, 4.69) is 20.8 Å². The summed E-state index contributed by atoms with van der Waals surface area (Å²) in [6, 6.07) is 21.6. The molecule has 0 bridgehead atoms. The molecule has 0 aliphatic heterocycles. The normalized spacial score (nSPS) is 10.4. The first kappa shape index (κ1) is 20.5. The van der Waals surface area contributed by atoms with Crippen molar-refractivity contribution in [3.8, 4) is 17.4 Å². The van der Waals surface area contributed by atoms with E-state index in [4.69, 9.17) is 9.47 Å². The van der Waals surface area contributed by atoms with E-state index < -0.39 is 16.5 Å². The molecule has 0 unspecified atom stereocenters. The van der Waals surface area contributed by atoms with Crippen LogP contribution in [0.3, 0.4) is 0 Å². The van der Waals surface area contributed by atoms with Gasteiger partial charge in [0.15, 0.2) is 6.61 Å². The summed E-state index contributed by atoms with van der Waals surface area (Å²) in [7, 11) is 0. The molecule has 0 atom stereocenters. The Labute approximate surface area is 182 Å². The first-order valence-corrected chi connectivity index (χ1v) is 9.49. The van der Waals surface area contributed by atoms with Gasteiger partial charge in [-0.15, -0.1) is 0 Å². The molecule has 0 saturated carbocycles. The summed E-state index contributed by atoms with van der Waals surface area (Å²) >= 11 is 0. The Bertz CT molecular complexity index is 1260. The Hall–Kier alpha value is -4.73. The molecule has 3 aromatic carbocycles. The lowest BCUT2D eigenvalue weighted by Crippen LogP contribution is -2.34. The fourth-order valence-electron chi connectivity index (χ4n) is 2.91. The van der Waals surface area contributed by atoms with Crippen molar-refractivity contribution in [2.45, 2.75) is 0 Å². The monoisotopic (exact) mass is 431 g/mol. The number of fused-ring (bicyclic) bond motifs is 1. The minimum Gasteiger partial charge on any atom is -0.484 e. The number of nitrogens with zero attached hydrogens (tertiary/aromatic N) is 3. The predicted molar refractivity (Wildman–Crippen MR) is 116 cm³/mol. The topological polar surface area (TPSA) is 129 Å². The van der Waals surface area contributed by atoms with Crippen molar-refractivity contribution < 1.29 is 19.2 Å². The van der Waals surface area contributed by atoms with Crippen LogP contribution < -0.4 is 20.3 Å². The summed E-state index contributed by atoms with van der Waals surface area (Å²) in [6.07, 6.45) is 1.10. The zero-order valence-corrected chi connectivity index (χ0v) is 16.6. The number of carbonyl (C=O) groups is 1.